The van der Waals surface area contributed by atoms with E-state index in [0.29, 0.717) is 11.7 Å². The van der Waals surface area contributed by atoms with Crippen molar-refractivity contribution in [3.8, 4) is 11.5 Å². The zero-order chi connectivity index (χ0) is 18.6. The summed E-state index contributed by atoms with van der Waals surface area (Å²) in [6, 6.07) is 14.6. The smallest absolute Gasteiger partial charge is 0.143 e. The lowest BCUT2D eigenvalue weighted by Crippen LogP contribution is -2.50. The first-order valence-electron chi connectivity index (χ1n) is 10.1. The Labute approximate surface area is 161 Å². The number of ether oxygens (including phenoxy) is 1. The molecular weight excluding hydrogens is 334 g/mol. The van der Waals surface area contributed by atoms with Crippen LogP contribution in [0.3, 0.4) is 0 Å². The maximum absolute atomic E-state index is 10.9. The second kappa shape index (κ2) is 6.05. The van der Waals surface area contributed by atoms with Gasteiger partial charge in [0.05, 0.1) is 11.3 Å². The topological polar surface area (TPSA) is 32.7 Å². The summed E-state index contributed by atoms with van der Waals surface area (Å²) in [7, 11) is 0. The highest BCUT2D eigenvalue weighted by Gasteiger charge is 2.46. The molecule has 27 heavy (non-hydrogen) atoms. The average Bonchev–Trinajstić information content (AvgIpc) is 2.67. The molecule has 0 amide bonds. The van der Waals surface area contributed by atoms with Gasteiger partial charge in [-0.15, -0.1) is 0 Å². The summed E-state index contributed by atoms with van der Waals surface area (Å²) < 4.78 is 6.46. The van der Waals surface area contributed by atoms with Crippen molar-refractivity contribution < 1.29 is 9.84 Å². The predicted octanol–water partition coefficient (Wildman–Crippen LogP) is 4.79. The van der Waals surface area contributed by atoms with Crippen LogP contribution >= 0.6 is 0 Å². The van der Waals surface area contributed by atoms with E-state index in [1.807, 2.05) is 12.1 Å². The molecule has 3 heteroatoms. The van der Waals surface area contributed by atoms with Gasteiger partial charge in [-0.05, 0) is 74.3 Å². The first-order chi connectivity index (χ1) is 13.0. The van der Waals surface area contributed by atoms with E-state index in [1.54, 1.807) is 0 Å². The van der Waals surface area contributed by atoms with Crippen molar-refractivity contribution in [3.63, 3.8) is 0 Å². The molecule has 0 radical (unpaired) electrons. The van der Waals surface area contributed by atoms with Gasteiger partial charge in [0.25, 0.3) is 0 Å². The molecule has 2 bridgehead atoms. The molecule has 2 aromatic carbocycles. The van der Waals surface area contributed by atoms with Crippen molar-refractivity contribution in [2.75, 3.05) is 13.1 Å². The largest absolute Gasteiger partial charge is 0.507 e. The third-order valence-electron chi connectivity index (χ3n) is 6.37. The van der Waals surface area contributed by atoms with Gasteiger partial charge in [-0.25, -0.2) is 0 Å². The zero-order valence-electron chi connectivity index (χ0n) is 16.2. The fourth-order valence-corrected chi connectivity index (χ4v) is 5.19. The van der Waals surface area contributed by atoms with Crippen molar-refractivity contribution in [2.24, 2.45) is 5.92 Å². The average molecular weight is 361 g/mol. The lowest BCUT2D eigenvalue weighted by Gasteiger charge is -2.51. The molecule has 2 aromatic rings. The van der Waals surface area contributed by atoms with E-state index in [4.69, 9.17) is 4.74 Å². The molecule has 0 spiro atoms. The number of aromatic hydroxyl groups is 1. The number of phenolic OH excluding ortho intramolecular Hbond substituents is 1. The normalized spacial score (nSPS) is 20.3. The summed E-state index contributed by atoms with van der Waals surface area (Å²) in [5.41, 5.74) is 5.69. The summed E-state index contributed by atoms with van der Waals surface area (Å²) in [4.78, 5) is 2.47. The first kappa shape index (κ1) is 16.7. The monoisotopic (exact) mass is 361 g/mol. The standard InChI is InChI=1S/C24H27NO2/c1-24(2)23-21(18-10-12-25(23)13-11-18)22-19(26)14-17(15-20(22)27-24)9-8-16-6-4-3-5-7-16/h3-7,14-15,18,26H,8-13H2,1-2H3. The van der Waals surface area contributed by atoms with Gasteiger partial charge in [0.15, 0.2) is 0 Å². The molecule has 0 saturated carbocycles. The molecular formula is C24H27NO2. The van der Waals surface area contributed by atoms with Crippen molar-refractivity contribution in [2.45, 2.75) is 45.1 Å². The number of rotatable bonds is 3. The van der Waals surface area contributed by atoms with E-state index in [2.05, 4.69) is 49.1 Å². The van der Waals surface area contributed by atoms with Gasteiger partial charge >= 0.3 is 0 Å². The minimum atomic E-state index is -0.341. The number of piperidine rings is 1. The number of benzene rings is 2. The van der Waals surface area contributed by atoms with Gasteiger partial charge in [0.1, 0.15) is 17.1 Å². The van der Waals surface area contributed by atoms with Gasteiger partial charge < -0.3 is 14.7 Å². The van der Waals surface area contributed by atoms with E-state index >= 15 is 0 Å². The SMILES string of the molecule is CC1(C)Oc2cc(CCc3ccccc3)cc(O)c2C2=C1N1CCC2CC1. The lowest BCUT2D eigenvalue weighted by atomic mass is 9.74. The summed E-state index contributed by atoms with van der Waals surface area (Å²) in [5.74, 6) is 1.79. The van der Waals surface area contributed by atoms with Crippen LogP contribution in [0, 0.1) is 5.92 Å². The van der Waals surface area contributed by atoms with Crippen LogP contribution in [0.15, 0.2) is 48.2 Å². The van der Waals surface area contributed by atoms with E-state index in [9.17, 15) is 5.11 Å². The van der Waals surface area contributed by atoms with Crippen LogP contribution in [0.4, 0.5) is 0 Å². The minimum absolute atomic E-state index is 0.341. The molecule has 0 aromatic heterocycles. The third kappa shape index (κ3) is 2.72. The second-order valence-electron chi connectivity index (χ2n) is 8.61. The molecule has 6 rings (SSSR count). The van der Waals surface area contributed by atoms with Crippen LogP contribution in [0.1, 0.15) is 43.4 Å². The lowest BCUT2D eigenvalue weighted by molar-refractivity contribution is 0.0769. The summed E-state index contributed by atoms with van der Waals surface area (Å²) in [6.07, 6.45) is 4.23. The van der Waals surface area contributed by atoms with Gasteiger partial charge in [0, 0.05) is 13.1 Å². The van der Waals surface area contributed by atoms with Crippen LogP contribution in [0.25, 0.3) is 5.57 Å². The van der Waals surface area contributed by atoms with Crippen molar-refractivity contribution in [1.82, 2.24) is 4.90 Å². The highest BCUT2D eigenvalue weighted by atomic mass is 16.5. The zero-order valence-corrected chi connectivity index (χ0v) is 16.2. The fraction of sp³-hybridized carbons (Fsp3) is 0.417. The number of phenols is 1. The molecule has 4 aliphatic rings. The minimum Gasteiger partial charge on any atom is -0.507 e. The highest BCUT2D eigenvalue weighted by Crippen LogP contribution is 2.54. The molecule has 0 aliphatic carbocycles. The van der Waals surface area contributed by atoms with Crippen molar-refractivity contribution in [1.29, 1.82) is 0 Å². The van der Waals surface area contributed by atoms with E-state index in [1.165, 1.54) is 29.7 Å². The van der Waals surface area contributed by atoms with Crippen LogP contribution < -0.4 is 4.74 Å². The molecule has 1 fully saturated rings. The Kier molecular flexibility index (Phi) is 3.75. The first-order valence-corrected chi connectivity index (χ1v) is 10.1. The molecule has 3 nitrogen and oxygen atoms in total. The summed E-state index contributed by atoms with van der Waals surface area (Å²) in [5, 5.41) is 10.9. The fourth-order valence-electron chi connectivity index (χ4n) is 5.19. The Bertz CT molecular complexity index is 905. The Morgan fingerprint density at radius 1 is 1.04 bits per heavy atom. The molecule has 0 unspecified atom stereocenters. The summed E-state index contributed by atoms with van der Waals surface area (Å²) in [6.45, 7) is 6.56. The van der Waals surface area contributed by atoms with E-state index in [-0.39, 0.29) is 5.60 Å². The highest BCUT2D eigenvalue weighted by molar-refractivity contribution is 5.82. The van der Waals surface area contributed by atoms with Gasteiger partial charge in [-0.3, -0.25) is 0 Å². The van der Waals surface area contributed by atoms with Gasteiger partial charge in [0.2, 0.25) is 0 Å². The number of allylic oxidation sites excluding steroid dienone is 1. The molecule has 1 saturated heterocycles. The molecule has 4 aliphatic heterocycles. The Morgan fingerprint density at radius 3 is 2.48 bits per heavy atom. The van der Waals surface area contributed by atoms with E-state index in [0.717, 1.165) is 42.8 Å². The number of aryl methyl sites for hydroxylation is 2. The van der Waals surface area contributed by atoms with Crippen LogP contribution in [-0.2, 0) is 12.8 Å². The number of hydrogen-bond acceptors (Lipinski definition) is 3. The van der Waals surface area contributed by atoms with Crippen LogP contribution in [0.5, 0.6) is 11.5 Å². The Hall–Kier alpha value is -2.42. The number of fused-ring (bicyclic) bond motifs is 3. The maximum atomic E-state index is 10.9. The third-order valence-corrected chi connectivity index (χ3v) is 6.37. The molecule has 0 atom stereocenters. The van der Waals surface area contributed by atoms with Gasteiger partial charge in [-0.1, -0.05) is 30.3 Å². The molecule has 4 heterocycles. The second-order valence-corrected chi connectivity index (χ2v) is 8.61. The maximum Gasteiger partial charge on any atom is 0.143 e. The molecule has 140 valence electrons. The number of nitrogens with zero attached hydrogens (tertiary/aromatic N) is 1. The molecule has 1 N–H and O–H groups in total. The Morgan fingerprint density at radius 2 is 1.74 bits per heavy atom. The van der Waals surface area contributed by atoms with Crippen molar-refractivity contribution >= 4 is 5.57 Å². The van der Waals surface area contributed by atoms with Crippen molar-refractivity contribution in [3.05, 3.63) is 64.9 Å². The number of hydrogen-bond donors (Lipinski definition) is 1. The predicted molar refractivity (Wildman–Crippen MR) is 108 cm³/mol. The van der Waals surface area contributed by atoms with Crippen LogP contribution in [-0.4, -0.2) is 28.7 Å². The summed E-state index contributed by atoms with van der Waals surface area (Å²) >= 11 is 0. The quantitative estimate of drug-likeness (QED) is 0.853. The Balaban J connectivity index is 1.53. The van der Waals surface area contributed by atoms with Gasteiger partial charge in [-0.2, -0.15) is 0 Å². The van der Waals surface area contributed by atoms with Crippen LogP contribution in [0.2, 0.25) is 0 Å². The van der Waals surface area contributed by atoms with E-state index < -0.39 is 0 Å².